The molecule has 0 atom stereocenters. The van der Waals surface area contributed by atoms with Crippen molar-refractivity contribution in [3.05, 3.63) is 71.2 Å². The highest BCUT2D eigenvalue weighted by atomic mass is 32.1. The summed E-state index contributed by atoms with van der Waals surface area (Å²) in [6, 6.07) is 11.0. The van der Waals surface area contributed by atoms with E-state index in [1.807, 2.05) is 5.38 Å². The fourth-order valence-electron chi connectivity index (χ4n) is 2.09. The van der Waals surface area contributed by atoms with Crippen LogP contribution in [-0.4, -0.2) is 10.9 Å². The van der Waals surface area contributed by atoms with Gasteiger partial charge in [0.2, 0.25) is 0 Å². The number of anilines is 3. The predicted molar refractivity (Wildman–Crippen MR) is 91.2 cm³/mol. The summed E-state index contributed by atoms with van der Waals surface area (Å²) in [5.41, 5.74) is 0.591. The maximum Gasteiger partial charge on any atom is 0.416 e. The van der Waals surface area contributed by atoms with Crippen LogP contribution in [0, 0.1) is 0 Å². The third kappa shape index (κ3) is 4.36. The molecule has 0 aliphatic rings. The molecule has 2 N–H and O–H groups in total. The maximum absolute atomic E-state index is 12.5. The molecule has 3 rings (SSSR count). The van der Waals surface area contributed by atoms with Gasteiger partial charge in [-0.1, -0.05) is 6.07 Å². The van der Waals surface area contributed by atoms with Gasteiger partial charge >= 0.3 is 6.18 Å². The van der Waals surface area contributed by atoms with Crippen LogP contribution >= 0.6 is 11.3 Å². The number of rotatable bonds is 4. The summed E-state index contributed by atoms with van der Waals surface area (Å²) >= 11 is 1.42. The molecular weight excluding hydrogens is 351 g/mol. The van der Waals surface area contributed by atoms with Gasteiger partial charge in [0, 0.05) is 28.5 Å². The van der Waals surface area contributed by atoms with Gasteiger partial charge in [-0.05, 0) is 42.5 Å². The third-order valence-corrected chi connectivity index (χ3v) is 3.97. The van der Waals surface area contributed by atoms with Crippen LogP contribution in [0.2, 0.25) is 0 Å². The van der Waals surface area contributed by atoms with Gasteiger partial charge in [-0.15, -0.1) is 11.3 Å². The van der Waals surface area contributed by atoms with Crippen LogP contribution in [0.15, 0.2) is 60.1 Å². The molecule has 0 fully saturated rings. The van der Waals surface area contributed by atoms with Gasteiger partial charge in [-0.2, -0.15) is 13.2 Å². The molecule has 2 aromatic carbocycles. The minimum absolute atomic E-state index is 0.288. The molecule has 0 bridgehead atoms. The second kappa shape index (κ2) is 6.94. The summed E-state index contributed by atoms with van der Waals surface area (Å²) in [6.07, 6.45) is -2.74. The fraction of sp³-hybridized carbons (Fsp3) is 0.0588. The molecule has 128 valence electrons. The van der Waals surface area contributed by atoms with E-state index in [0.29, 0.717) is 16.4 Å². The number of nitrogens with one attached hydrogen (secondary N) is 2. The molecule has 8 heteroatoms. The summed E-state index contributed by atoms with van der Waals surface area (Å²) < 4.78 is 37.6. The summed E-state index contributed by atoms with van der Waals surface area (Å²) in [5.74, 6) is -0.414. The lowest BCUT2D eigenvalue weighted by molar-refractivity contribution is -0.137. The zero-order valence-electron chi connectivity index (χ0n) is 12.7. The zero-order chi connectivity index (χ0) is 17.9. The van der Waals surface area contributed by atoms with E-state index in [4.69, 9.17) is 0 Å². The Balaban J connectivity index is 1.71. The van der Waals surface area contributed by atoms with Crippen LogP contribution in [0.1, 0.15) is 15.9 Å². The Hall–Kier alpha value is -2.87. The average Bonchev–Trinajstić information content (AvgIpc) is 3.08. The van der Waals surface area contributed by atoms with Gasteiger partial charge in [0.25, 0.3) is 5.91 Å². The molecule has 0 aliphatic carbocycles. The van der Waals surface area contributed by atoms with Crippen LogP contribution in [-0.2, 0) is 6.18 Å². The number of hydrogen-bond acceptors (Lipinski definition) is 4. The van der Waals surface area contributed by atoms with E-state index in [0.717, 1.165) is 12.1 Å². The molecule has 0 aliphatic heterocycles. The molecule has 0 saturated heterocycles. The van der Waals surface area contributed by atoms with Crippen molar-refractivity contribution in [3.63, 3.8) is 0 Å². The molecular formula is C17H12F3N3OS. The van der Waals surface area contributed by atoms with Crippen molar-refractivity contribution < 1.29 is 18.0 Å². The largest absolute Gasteiger partial charge is 0.416 e. The molecule has 0 radical (unpaired) electrons. The van der Waals surface area contributed by atoms with Gasteiger partial charge in [0.05, 0.1) is 5.56 Å². The quantitative estimate of drug-likeness (QED) is 0.673. The number of amides is 1. The zero-order valence-corrected chi connectivity index (χ0v) is 13.5. The Bertz CT molecular complexity index is 862. The minimum atomic E-state index is -4.40. The Labute approximate surface area is 145 Å². The number of aromatic nitrogens is 1. The topological polar surface area (TPSA) is 54.0 Å². The molecule has 0 saturated carbocycles. The lowest BCUT2D eigenvalue weighted by Gasteiger charge is -2.10. The summed E-state index contributed by atoms with van der Waals surface area (Å²) in [4.78, 5) is 16.4. The van der Waals surface area contributed by atoms with Gasteiger partial charge in [-0.3, -0.25) is 4.79 Å². The number of benzene rings is 2. The molecule has 0 unspecified atom stereocenters. The number of halogens is 3. The smallest absolute Gasteiger partial charge is 0.332 e. The normalized spacial score (nSPS) is 11.2. The molecule has 1 amide bonds. The van der Waals surface area contributed by atoms with E-state index >= 15 is 0 Å². The van der Waals surface area contributed by atoms with Crippen molar-refractivity contribution >= 4 is 33.8 Å². The number of carbonyl (C=O) groups is 1. The molecule has 25 heavy (non-hydrogen) atoms. The van der Waals surface area contributed by atoms with E-state index < -0.39 is 17.6 Å². The van der Waals surface area contributed by atoms with Gasteiger partial charge < -0.3 is 10.6 Å². The van der Waals surface area contributed by atoms with Crippen LogP contribution in [0.25, 0.3) is 0 Å². The minimum Gasteiger partial charge on any atom is -0.332 e. The van der Waals surface area contributed by atoms with Crippen LogP contribution in [0.4, 0.5) is 29.7 Å². The molecule has 4 nitrogen and oxygen atoms in total. The van der Waals surface area contributed by atoms with Crippen molar-refractivity contribution in [2.24, 2.45) is 0 Å². The Kier molecular flexibility index (Phi) is 4.71. The number of nitrogens with zero attached hydrogens (tertiary/aromatic N) is 1. The molecule has 1 aromatic heterocycles. The molecule has 0 spiro atoms. The Morgan fingerprint density at radius 2 is 1.80 bits per heavy atom. The van der Waals surface area contributed by atoms with Crippen LogP contribution in [0.3, 0.4) is 0 Å². The van der Waals surface area contributed by atoms with Gasteiger partial charge in [-0.25, -0.2) is 4.98 Å². The summed E-state index contributed by atoms with van der Waals surface area (Å²) in [7, 11) is 0. The number of thiazole rings is 1. The lowest BCUT2D eigenvalue weighted by atomic mass is 10.1. The third-order valence-electron chi connectivity index (χ3n) is 3.28. The van der Waals surface area contributed by atoms with E-state index in [1.54, 1.807) is 30.5 Å². The van der Waals surface area contributed by atoms with Crippen LogP contribution in [0.5, 0.6) is 0 Å². The van der Waals surface area contributed by atoms with Crippen molar-refractivity contribution in [2.45, 2.75) is 6.18 Å². The number of alkyl halides is 3. The first-order valence-electron chi connectivity index (χ1n) is 7.17. The van der Waals surface area contributed by atoms with Crippen molar-refractivity contribution in [1.82, 2.24) is 4.98 Å². The van der Waals surface area contributed by atoms with Crippen molar-refractivity contribution in [3.8, 4) is 0 Å². The van der Waals surface area contributed by atoms with Gasteiger partial charge in [0.15, 0.2) is 5.13 Å². The van der Waals surface area contributed by atoms with Gasteiger partial charge in [0.1, 0.15) is 0 Å². The van der Waals surface area contributed by atoms with E-state index in [1.165, 1.54) is 23.5 Å². The van der Waals surface area contributed by atoms with Crippen molar-refractivity contribution in [1.29, 1.82) is 0 Å². The van der Waals surface area contributed by atoms with E-state index in [2.05, 4.69) is 15.6 Å². The summed E-state index contributed by atoms with van der Waals surface area (Å²) in [5, 5.41) is 8.16. The Morgan fingerprint density at radius 3 is 2.44 bits per heavy atom. The first kappa shape index (κ1) is 17.0. The Morgan fingerprint density at radius 1 is 1.04 bits per heavy atom. The lowest BCUT2D eigenvalue weighted by Crippen LogP contribution is -2.12. The fourth-order valence-corrected chi connectivity index (χ4v) is 2.64. The van der Waals surface area contributed by atoms with E-state index in [9.17, 15) is 18.0 Å². The van der Waals surface area contributed by atoms with E-state index in [-0.39, 0.29) is 5.69 Å². The van der Waals surface area contributed by atoms with Crippen LogP contribution < -0.4 is 10.6 Å². The highest BCUT2D eigenvalue weighted by Crippen LogP contribution is 2.30. The molecule has 3 aromatic rings. The number of hydrogen-bond donors (Lipinski definition) is 2. The van der Waals surface area contributed by atoms with Crippen molar-refractivity contribution in [2.75, 3.05) is 10.6 Å². The standard InChI is InChI=1S/C17H12F3N3OS/c18-17(19,20)12-4-6-13(7-5-12)22-15(24)11-2-1-3-14(10-11)23-16-21-8-9-25-16/h1-10H,(H,21,23)(H,22,24). The first-order valence-corrected chi connectivity index (χ1v) is 8.05. The predicted octanol–water partition coefficient (Wildman–Crippen LogP) is 5.16. The second-order valence-corrected chi connectivity index (χ2v) is 5.97. The second-order valence-electron chi connectivity index (χ2n) is 5.07. The SMILES string of the molecule is O=C(Nc1ccc(C(F)(F)F)cc1)c1cccc(Nc2nccs2)c1. The highest BCUT2D eigenvalue weighted by molar-refractivity contribution is 7.13. The number of carbonyl (C=O) groups excluding carboxylic acids is 1. The maximum atomic E-state index is 12.5. The highest BCUT2D eigenvalue weighted by Gasteiger charge is 2.29. The average molecular weight is 363 g/mol. The monoisotopic (exact) mass is 363 g/mol. The first-order chi connectivity index (χ1) is 11.9. The summed E-state index contributed by atoms with van der Waals surface area (Å²) in [6.45, 7) is 0. The molecule has 1 heterocycles.